The molecule has 0 aromatic heterocycles. The van der Waals surface area contributed by atoms with Gasteiger partial charge in [0.25, 0.3) is 0 Å². The fourth-order valence-electron chi connectivity index (χ4n) is 6.83. The molecule has 0 saturated heterocycles. The van der Waals surface area contributed by atoms with Crippen molar-refractivity contribution >= 4 is 46.4 Å². The van der Waals surface area contributed by atoms with E-state index in [1.54, 1.807) is 0 Å². The van der Waals surface area contributed by atoms with Crippen molar-refractivity contribution in [2.45, 2.75) is 50.4 Å². The zero-order valence-corrected chi connectivity index (χ0v) is 26.7. The Morgan fingerprint density at radius 2 is 0.929 bits per heavy atom. The van der Waals surface area contributed by atoms with E-state index in [0.717, 1.165) is 51.6 Å². The summed E-state index contributed by atoms with van der Waals surface area (Å²) in [5.41, 5.74) is 19.8. The molecular formula is C36H38Cl4N2. The summed E-state index contributed by atoms with van der Waals surface area (Å²) >= 11 is 24.5. The monoisotopic (exact) mass is 638 g/mol. The van der Waals surface area contributed by atoms with Gasteiger partial charge in [0.2, 0.25) is 0 Å². The van der Waals surface area contributed by atoms with E-state index in [1.807, 2.05) is 24.3 Å². The molecule has 2 aliphatic carbocycles. The lowest BCUT2D eigenvalue weighted by Crippen LogP contribution is -2.21. The molecule has 4 atom stereocenters. The summed E-state index contributed by atoms with van der Waals surface area (Å²) in [6.07, 6.45) is 6.67. The summed E-state index contributed by atoms with van der Waals surface area (Å²) in [7, 11) is 0. The van der Waals surface area contributed by atoms with E-state index in [-0.39, 0.29) is 0 Å². The Kier molecular flexibility index (Phi) is 10.9. The van der Waals surface area contributed by atoms with Gasteiger partial charge in [0, 0.05) is 11.8 Å². The maximum Gasteiger partial charge on any atom is 0.0595 e. The molecule has 0 unspecified atom stereocenters. The highest BCUT2D eigenvalue weighted by Crippen LogP contribution is 2.43. The van der Waals surface area contributed by atoms with Crippen LogP contribution in [0.15, 0.2) is 84.9 Å². The smallest absolute Gasteiger partial charge is 0.0595 e. The van der Waals surface area contributed by atoms with Crippen LogP contribution in [0.3, 0.4) is 0 Å². The van der Waals surface area contributed by atoms with Gasteiger partial charge in [0.15, 0.2) is 0 Å². The van der Waals surface area contributed by atoms with E-state index >= 15 is 0 Å². The maximum absolute atomic E-state index is 6.21. The summed E-state index contributed by atoms with van der Waals surface area (Å²) in [6, 6.07) is 29.4. The summed E-state index contributed by atoms with van der Waals surface area (Å²) < 4.78 is 0. The number of benzene rings is 4. The van der Waals surface area contributed by atoms with Gasteiger partial charge in [0.1, 0.15) is 0 Å². The second kappa shape index (κ2) is 14.6. The van der Waals surface area contributed by atoms with Crippen LogP contribution in [-0.4, -0.2) is 13.1 Å². The number of rotatable bonds is 6. The highest BCUT2D eigenvalue weighted by atomic mass is 35.5. The van der Waals surface area contributed by atoms with Gasteiger partial charge in [-0.25, -0.2) is 0 Å². The van der Waals surface area contributed by atoms with Crippen LogP contribution in [0, 0.1) is 11.8 Å². The first kappa shape index (κ1) is 31.4. The van der Waals surface area contributed by atoms with Crippen molar-refractivity contribution < 1.29 is 0 Å². The Morgan fingerprint density at radius 1 is 0.524 bits per heavy atom. The van der Waals surface area contributed by atoms with Crippen LogP contribution in [0.2, 0.25) is 20.1 Å². The molecule has 2 aliphatic rings. The molecule has 0 amide bonds. The molecule has 0 fully saturated rings. The largest absolute Gasteiger partial charge is 0.330 e. The molecule has 0 radical (unpaired) electrons. The van der Waals surface area contributed by atoms with E-state index in [0.29, 0.717) is 43.8 Å². The van der Waals surface area contributed by atoms with Gasteiger partial charge >= 0.3 is 0 Å². The standard InChI is InChI=1S/2C18H19Cl2N/c2*19-17-6-5-14(11-18(17)20)16-10-12(7-8-21)9-13-3-1-2-4-15(13)16/h2*1-6,11-12,16H,7-10,21H2/t2*12-,16+/m10/s1. The van der Waals surface area contributed by atoms with Gasteiger partial charge in [-0.1, -0.05) is 107 Å². The van der Waals surface area contributed by atoms with Crippen LogP contribution in [0.4, 0.5) is 0 Å². The SMILES string of the molecule is NCC[C@@H]1Cc2ccccc2[C@H](c2ccc(Cl)c(Cl)c2)C1.NCC[C@H]1Cc2ccccc2[C@@H](c2ccc(Cl)c(Cl)c2)C1. The van der Waals surface area contributed by atoms with Crippen molar-refractivity contribution in [3.05, 3.63) is 138 Å². The lowest BCUT2D eigenvalue weighted by Gasteiger charge is -2.32. The first-order chi connectivity index (χ1) is 20.4. The third kappa shape index (κ3) is 7.36. The Balaban J connectivity index is 0.000000168. The average Bonchev–Trinajstić information content (AvgIpc) is 3.00. The van der Waals surface area contributed by atoms with Crippen molar-refractivity contribution in [1.29, 1.82) is 0 Å². The lowest BCUT2D eigenvalue weighted by molar-refractivity contribution is 0.406. The van der Waals surface area contributed by atoms with Crippen LogP contribution in [-0.2, 0) is 12.8 Å². The molecule has 220 valence electrons. The van der Waals surface area contributed by atoms with Crippen molar-refractivity contribution in [1.82, 2.24) is 0 Å². The van der Waals surface area contributed by atoms with E-state index in [2.05, 4.69) is 60.7 Å². The molecule has 4 aromatic rings. The first-order valence-corrected chi connectivity index (χ1v) is 16.3. The molecule has 0 heterocycles. The van der Waals surface area contributed by atoms with Crippen molar-refractivity contribution in [2.75, 3.05) is 13.1 Å². The Bertz CT molecular complexity index is 1390. The first-order valence-electron chi connectivity index (χ1n) is 14.8. The summed E-state index contributed by atoms with van der Waals surface area (Å²) in [6.45, 7) is 1.50. The predicted molar refractivity (Wildman–Crippen MR) is 180 cm³/mol. The molecule has 0 aliphatic heterocycles. The number of nitrogens with two attached hydrogens (primary N) is 2. The van der Waals surface area contributed by atoms with Gasteiger partial charge in [-0.05, 0) is 121 Å². The molecule has 2 nitrogen and oxygen atoms in total. The number of fused-ring (bicyclic) bond motifs is 2. The van der Waals surface area contributed by atoms with Crippen LogP contribution >= 0.6 is 46.4 Å². The van der Waals surface area contributed by atoms with Gasteiger partial charge in [-0.2, -0.15) is 0 Å². The topological polar surface area (TPSA) is 52.0 Å². The highest BCUT2D eigenvalue weighted by molar-refractivity contribution is 6.42. The predicted octanol–water partition coefficient (Wildman–Crippen LogP) is 10.1. The zero-order valence-electron chi connectivity index (χ0n) is 23.7. The molecular weight excluding hydrogens is 602 g/mol. The normalized spacial score (nSPS) is 21.1. The van der Waals surface area contributed by atoms with Crippen LogP contribution < -0.4 is 11.5 Å². The van der Waals surface area contributed by atoms with Crippen LogP contribution in [0.25, 0.3) is 0 Å². The van der Waals surface area contributed by atoms with Crippen molar-refractivity contribution in [3.63, 3.8) is 0 Å². The Hall–Kier alpha value is -2.04. The van der Waals surface area contributed by atoms with Crippen molar-refractivity contribution in [2.24, 2.45) is 23.3 Å². The van der Waals surface area contributed by atoms with Gasteiger partial charge < -0.3 is 11.5 Å². The highest BCUT2D eigenvalue weighted by Gasteiger charge is 2.29. The molecule has 4 aromatic carbocycles. The zero-order chi connectivity index (χ0) is 29.6. The average molecular weight is 641 g/mol. The summed E-state index contributed by atoms with van der Waals surface area (Å²) in [5, 5.41) is 2.49. The molecule has 0 spiro atoms. The van der Waals surface area contributed by atoms with Gasteiger partial charge in [-0.15, -0.1) is 0 Å². The van der Waals surface area contributed by atoms with Crippen molar-refractivity contribution in [3.8, 4) is 0 Å². The lowest BCUT2D eigenvalue weighted by atomic mass is 9.73. The number of hydrogen-bond donors (Lipinski definition) is 2. The fraction of sp³-hybridized carbons (Fsp3) is 0.333. The molecule has 42 heavy (non-hydrogen) atoms. The Labute approximate surface area is 270 Å². The third-order valence-corrected chi connectivity index (χ3v) is 10.3. The van der Waals surface area contributed by atoms with Gasteiger partial charge in [0.05, 0.1) is 20.1 Å². The minimum Gasteiger partial charge on any atom is -0.330 e. The second-order valence-electron chi connectivity index (χ2n) is 11.6. The van der Waals surface area contributed by atoms with E-state index in [4.69, 9.17) is 57.9 Å². The Morgan fingerprint density at radius 3 is 1.31 bits per heavy atom. The van der Waals surface area contributed by atoms with E-state index in [1.165, 1.54) is 33.4 Å². The van der Waals surface area contributed by atoms with Crippen LogP contribution in [0.1, 0.15) is 70.9 Å². The quantitative estimate of drug-likeness (QED) is 0.220. The molecule has 0 saturated carbocycles. The summed E-state index contributed by atoms with van der Waals surface area (Å²) in [4.78, 5) is 0. The molecule has 6 rings (SSSR count). The number of halogens is 4. The molecule has 6 heteroatoms. The second-order valence-corrected chi connectivity index (χ2v) is 13.2. The summed E-state index contributed by atoms with van der Waals surface area (Å²) in [5.74, 6) is 2.07. The molecule has 0 bridgehead atoms. The van der Waals surface area contributed by atoms with Crippen LogP contribution in [0.5, 0.6) is 0 Å². The van der Waals surface area contributed by atoms with E-state index in [9.17, 15) is 0 Å². The van der Waals surface area contributed by atoms with Gasteiger partial charge in [-0.3, -0.25) is 0 Å². The molecule has 4 N–H and O–H groups in total. The fourth-order valence-corrected chi connectivity index (χ4v) is 7.44. The maximum atomic E-state index is 6.21. The van der Waals surface area contributed by atoms with E-state index < -0.39 is 0 Å². The minimum atomic E-state index is 0.390. The third-order valence-electron chi connectivity index (χ3n) is 8.86. The number of hydrogen-bond acceptors (Lipinski definition) is 2. The minimum absolute atomic E-state index is 0.390.